The average molecular weight is 657 g/mol. The zero-order chi connectivity index (χ0) is 34.0. The highest BCUT2D eigenvalue weighted by Gasteiger charge is 2.36. The highest BCUT2D eigenvalue weighted by molar-refractivity contribution is 6.38. The van der Waals surface area contributed by atoms with E-state index in [0.717, 1.165) is 12.8 Å². The van der Waals surface area contributed by atoms with Crippen molar-refractivity contribution in [1.29, 1.82) is 0 Å². The molecule has 4 unspecified atom stereocenters. The Morgan fingerprint density at radius 3 is 2.24 bits per heavy atom. The van der Waals surface area contributed by atoms with Crippen LogP contribution in [0.3, 0.4) is 0 Å². The largest absolute Gasteiger partial charge is 0.330 e. The molecular formula is C49H40N2. The third kappa shape index (κ3) is 3.83. The van der Waals surface area contributed by atoms with E-state index >= 15 is 0 Å². The second kappa shape index (κ2) is 10.5. The molecule has 0 amide bonds. The SMILES string of the molecule is CC1CC=Cc2c1c1c(c3cccc4c3c3c5c(cccc5n(-c5cccc(C6C=CC=CC6C)c5)c13)-c1ccccc1-4)n2C1(C)C=CC=CC1. The van der Waals surface area contributed by atoms with Gasteiger partial charge in [0.25, 0.3) is 0 Å². The van der Waals surface area contributed by atoms with Gasteiger partial charge in [-0.1, -0.05) is 135 Å². The van der Waals surface area contributed by atoms with Crippen molar-refractivity contribution < 1.29 is 0 Å². The number of fused-ring (bicyclic) bond motifs is 8. The van der Waals surface area contributed by atoms with Crippen molar-refractivity contribution in [3.63, 3.8) is 0 Å². The number of allylic oxidation sites excluding steroid dienone is 9. The predicted molar refractivity (Wildman–Crippen MR) is 217 cm³/mol. The molecule has 11 rings (SSSR count). The number of rotatable bonds is 3. The standard InChI is InChI=1S/C49H40N2/c1-30-15-5-6-19-34(30)32-17-12-18-33(29-32)50-40-25-14-23-38-36-21-8-7-20-35(36)37-22-13-24-39-43(37)45(44(38)40)48(50)46-42-31(2)16-11-26-41(42)51(47(39)46)49(3)27-9-4-10-28-49/h4-15,17-27,29-31,34H,16,28H2,1-3H3. The maximum Gasteiger partial charge on any atom is 0.0645 e. The van der Waals surface area contributed by atoms with Crippen LogP contribution in [-0.4, -0.2) is 9.13 Å². The third-order valence-corrected chi connectivity index (χ3v) is 12.5. The van der Waals surface area contributed by atoms with Crippen LogP contribution in [0, 0.1) is 5.92 Å². The normalized spacial score (nSPS) is 22.9. The lowest BCUT2D eigenvalue weighted by atomic mass is 9.84. The van der Waals surface area contributed by atoms with Crippen LogP contribution < -0.4 is 0 Å². The molecule has 51 heavy (non-hydrogen) atoms. The van der Waals surface area contributed by atoms with Crippen molar-refractivity contribution >= 4 is 49.6 Å². The Morgan fingerprint density at radius 1 is 0.667 bits per heavy atom. The van der Waals surface area contributed by atoms with Crippen molar-refractivity contribution in [2.75, 3.05) is 0 Å². The lowest BCUT2D eigenvalue weighted by molar-refractivity contribution is 0.421. The first-order valence-electron chi connectivity index (χ1n) is 18.7. The number of aromatic nitrogens is 2. The number of hydrogen-bond acceptors (Lipinski definition) is 0. The van der Waals surface area contributed by atoms with Gasteiger partial charge in [0, 0.05) is 44.2 Å². The number of hydrogen-bond donors (Lipinski definition) is 0. The van der Waals surface area contributed by atoms with Crippen molar-refractivity contribution in [3.8, 4) is 27.9 Å². The Kier molecular flexibility index (Phi) is 5.98. The van der Waals surface area contributed by atoms with E-state index < -0.39 is 0 Å². The van der Waals surface area contributed by atoms with Crippen molar-refractivity contribution in [2.45, 2.75) is 51.0 Å². The number of benzene rings is 5. The average Bonchev–Trinajstić information content (AvgIpc) is 3.67. The van der Waals surface area contributed by atoms with E-state index in [2.05, 4.69) is 176 Å². The summed E-state index contributed by atoms with van der Waals surface area (Å²) in [5.74, 6) is 1.19. The molecule has 2 heteroatoms. The van der Waals surface area contributed by atoms with Crippen LogP contribution in [0.1, 0.15) is 62.3 Å². The predicted octanol–water partition coefficient (Wildman–Crippen LogP) is 13.1. The van der Waals surface area contributed by atoms with E-state index in [9.17, 15) is 0 Å². The van der Waals surface area contributed by atoms with Gasteiger partial charge in [-0.05, 0) is 89.3 Å². The van der Waals surface area contributed by atoms with Gasteiger partial charge in [-0.3, -0.25) is 0 Å². The molecule has 7 aromatic rings. The molecule has 0 aliphatic heterocycles. The van der Waals surface area contributed by atoms with Gasteiger partial charge in [0.1, 0.15) is 0 Å². The molecule has 2 aromatic heterocycles. The zero-order valence-corrected chi connectivity index (χ0v) is 29.4. The van der Waals surface area contributed by atoms with E-state index in [4.69, 9.17) is 0 Å². The van der Waals surface area contributed by atoms with Gasteiger partial charge in [-0.2, -0.15) is 0 Å². The summed E-state index contributed by atoms with van der Waals surface area (Å²) in [5.41, 5.74) is 14.5. The molecule has 246 valence electrons. The van der Waals surface area contributed by atoms with Crippen LogP contribution in [-0.2, 0) is 5.54 Å². The van der Waals surface area contributed by atoms with Crippen LogP contribution in [0.15, 0.2) is 140 Å². The molecule has 2 heterocycles. The molecule has 4 atom stereocenters. The van der Waals surface area contributed by atoms with E-state index in [1.54, 1.807) is 0 Å². The Balaban J connectivity index is 1.41. The zero-order valence-electron chi connectivity index (χ0n) is 29.4. The van der Waals surface area contributed by atoms with Gasteiger partial charge in [0.15, 0.2) is 0 Å². The first-order chi connectivity index (χ1) is 25.0. The monoisotopic (exact) mass is 656 g/mol. The number of nitrogens with zero attached hydrogens (tertiary/aromatic N) is 2. The Labute approximate surface area is 299 Å². The first-order valence-corrected chi connectivity index (χ1v) is 18.7. The topological polar surface area (TPSA) is 9.86 Å². The molecule has 4 aliphatic carbocycles. The molecule has 4 aliphatic rings. The van der Waals surface area contributed by atoms with E-state index in [1.807, 2.05) is 0 Å². The van der Waals surface area contributed by atoms with Crippen LogP contribution in [0.4, 0.5) is 0 Å². The molecule has 0 saturated heterocycles. The van der Waals surface area contributed by atoms with Gasteiger partial charge in [0.2, 0.25) is 0 Å². The molecule has 0 bridgehead atoms. The minimum atomic E-state index is -0.199. The van der Waals surface area contributed by atoms with Gasteiger partial charge < -0.3 is 9.13 Å². The van der Waals surface area contributed by atoms with E-state index in [-0.39, 0.29) is 5.54 Å². The molecule has 0 N–H and O–H groups in total. The molecular weight excluding hydrogens is 617 g/mol. The van der Waals surface area contributed by atoms with Crippen molar-refractivity contribution in [2.24, 2.45) is 5.92 Å². The summed E-state index contributed by atoms with van der Waals surface area (Å²) in [6, 6.07) is 32.6. The molecule has 0 radical (unpaired) electrons. The van der Waals surface area contributed by atoms with Gasteiger partial charge >= 0.3 is 0 Å². The van der Waals surface area contributed by atoms with E-state index in [1.165, 1.54) is 88.2 Å². The van der Waals surface area contributed by atoms with Gasteiger partial charge in [-0.15, -0.1) is 0 Å². The van der Waals surface area contributed by atoms with Crippen molar-refractivity contribution in [1.82, 2.24) is 9.13 Å². The Bertz CT molecular complexity index is 2810. The van der Waals surface area contributed by atoms with Gasteiger partial charge in [0.05, 0.1) is 22.1 Å². The maximum absolute atomic E-state index is 2.72. The summed E-state index contributed by atoms with van der Waals surface area (Å²) in [7, 11) is 0. The smallest absolute Gasteiger partial charge is 0.0645 e. The minimum absolute atomic E-state index is 0.199. The Hall–Kier alpha value is -5.60. The first kappa shape index (κ1) is 29.2. The summed E-state index contributed by atoms with van der Waals surface area (Å²) in [6.45, 7) is 7.20. The van der Waals surface area contributed by atoms with Crippen LogP contribution in [0.2, 0.25) is 0 Å². The molecule has 5 aromatic carbocycles. The fraction of sp³-hybridized carbons (Fsp3) is 0.184. The quantitative estimate of drug-likeness (QED) is 0.179. The second-order valence-corrected chi connectivity index (χ2v) is 15.5. The second-order valence-electron chi connectivity index (χ2n) is 15.5. The lowest BCUT2D eigenvalue weighted by Gasteiger charge is -2.33. The Morgan fingerprint density at radius 2 is 1.43 bits per heavy atom. The maximum atomic E-state index is 2.72. The highest BCUT2D eigenvalue weighted by atomic mass is 15.1. The summed E-state index contributed by atoms with van der Waals surface area (Å²) >= 11 is 0. The van der Waals surface area contributed by atoms with Crippen LogP contribution >= 0.6 is 0 Å². The van der Waals surface area contributed by atoms with Crippen LogP contribution in [0.5, 0.6) is 0 Å². The fourth-order valence-electron chi connectivity index (χ4n) is 10.2. The minimum Gasteiger partial charge on any atom is -0.330 e. The third-order valence-electron chi connectivity index (χ3n) is 12.5. The lowest BCUT2D eigenvalue weighted by Crippen LogP contribution is -2.29. The molecule has 0 saturated carbocycles. The van der Waals surface area contributed by atoms with Gasteiger partial charge in [-0.25, -0.2) is 0 Å². The summed E-state index contributed by atoms with van der Waals surface area (Å²) in [5, 5.41) is 6.89. The summed E-state index contributed by atoms with van der Waals surface area (Å²) in [4.78, 5) is 0. The summed E-state index contributed by atoms with van der Waals surface area (Å²) < 4.78 is 5.37. The molecule has 0 fully saturated rings. The highest BCUT2D eigenvalue weighted by Crippen LogP contribution is 2.55. The fourth-order valence-corrected chi connectivity index (χ4v) is 10.2. The molecule has 0 spiro atoms. The molecule has 2 nitrogen and oxygen atoms in total. The van der Waals surface area contributed by atoms with Crippen molar-refractivity contribution in [3.05, 3.63) is 156 Å². The van der Waals surface area contributed by atoms with Crippen LogP contribution in [0.25, 0.3) is 77.5 Å². The summed E-state index contributed by atoms with van der Waals surface area (Å²) in [6.07, 6.45) is 25.2. The van der Waals surface area contributed by atoms with E-state index in [0.29, 0.717) is 17.8 Å².